The van der Waals surface area contributed by atoms with Gasteiger partial charge in [0.15, 0.2) is 0 Å². The first-order valence-corrected chi connectivity index (χ1v) is 8.60. The molecular formula is C16H23N5O4. The van der Waals surface area contributed by atoms with Gasteiger partial charge in [0.05, 0.1) is 13.1 Å². The van der Waals surface area contributed by atoms with Crippen molar-refractivity contribution in [3.8, 4) is 0 Å². The van der Waals surface area contributed by atoms with Crippen LogP contribution >= 0.6 is 0 Å². The summed E-state index contributed by atoms with van der Waals surface area (Å²) in [5.74, 6) is 0.697. The molecule has 2 aliphatic rings. The summed E-state index contributed by atoms with van der Waals surface area (Å²) in [5, 5.41) is 7.62. The molecular weight excluding hydrogens is 326 g/mol. The van der Waals surface area contributed by atoms with Crippen molar-refractivity contribution < 1.29 is 18.8 Å². The van der Waals surface area contributed by atoms with Gasteiger partial charge in [-0.05, 0) is 19.8 Å². The van der Waals surface area contributed by atoms with Crippen LogP contribution in [0.15, 0.2) is 4.42 Å². The van der Waals surface area contributed by atoms with Crippen LogP contribution < -0.4 is 0 Å². The minimum absolute atomic E-state index is 0.0459. The lowest BCUT2D eigenvalue weighted by molar-refractivity contribution is -0.156. The Morgan fingerprint density at radius 1 is 1.12 bits per heavy atom. The summed E-state index contributed by atoms with van der Waals surface area (Å²) >= 11 is 0. The normalized spacial score (nSPS) is 21.6. The van der Waals surface area contributed by atoms with E-state index >= 15 is 0 Å². The van der Waals surface area contributed by atoms with E-state index in [9.17, 15) is 14.4 Å². The number of hydrogen-bond acceptors (Lipinski definition) is 6. The summed E-state index contributed by atoms with van der Waals surface area (Å²) in [4.78, 5) is 41.4. The third kappa shape index (κ3) is 3.80. The third-order valence-corrected chi connectivity index (χ3v) is 4.68. The van der Waals surface area contributed by atoms with E-state index < -0.39 is 6.04 Å². The number of nitrogens with zero attached hydrogens (tertiary/aromatic N) is 5. The third-order valence-electron chi connectivity index (χ3n) is 4.68. The van der Waals surface area contributed by atoms with Gasteiger partial charge in [-0.15, -0.1) is 10.2 Å². The molecule has 3 heterocycles. The van der Waals surface area contributed by atoms with E-state index in [2.05, 4.69) is 10.2 Å². The molecule has 9 heteroatoms. The summed E-state index contributed by atoms with van der Waals surface area (Å²) < 4.78 is 5.30. The molecule has 0 aliphatic carbocycles. The van der Waals surface area contributed by atoms with Gasteiger partial charge in [0.25, 0.3) is 0 Å². The van der Waals surface area contributed by atoms with E-state index in [-0.39, 0.29) is 30.8 Å². The van der Waals surface area contributed by atoms with E-state index in [0.717, 1.165) is 13.0 Å². The second kappa shape index (κ2) is 7.20. The molecule has 0 bridgehead atoms. The molecule has 2 aliphatic heterocycles. The number of aryl methyl sites for hydroxylation is 1. The van der Waals surface area contributed by atoms with Gasteiger partial charge in [-0.1, -0.05) is 0 Å². The Hall–Kier alpha value is -2.45. The van der Waals surface area contributed by atoms with Crippen LogP contribution in [0.5, 0.6) is 0 Å². The van der Waals surface area contributed by atoms with Crippen LogP contribution in [0.1, 0.15) is 38.0 Å². The smallest absolute Gasteiger partial charge is 0.245 e. The fourth-order valence-electron chi connectivity index (χ4n) is 3.30. The minimum Gasteiger partial charge on any atom is -0.424 e. The van der Waals surface area contributed by atoms with Crippen molar-refractivity contribution in [3.05, 3.63) is 11.8 Å². The number of piperazine rings is 1. The quantitative estimate of drug-likeness (QED) is 0.714. The first kappa shape index (κ1) is 17.4. The average Bonchev–Trinajstić information content (AvgIpc) is 3.17. The Labute approximate surface area is 145 Å². The van der Waals surface area contributed by atoms with Crippen LogP contribution in [0.2, 0.25) is 0 Å². The molecule has 1 aromatic heterocycles. The Balaban J connectivity index is 1.53. The molecule has 0 N–H and O–H groups in total. The summed E-state index contributed by atoms with van der Waals surface area (Å²) in [5.41, 5.74) is 0. The van der Waals surface area contributed by atoms with E-state index in [1.54, 1.807) is 18.7 Å². The molecule has 9 nitrogen and oxygen atoms in total. The minimum atomic E-state index is -0.568. The SMILES string of the molecule is Cc1nnc(CN2C(=O)CN(CCCN3CCCC3=O)C(=O)[C@@H]2C)o1. The first-order valence-electron chi connectivity index (χ1n) is 8.60. The number of carbonyl (C=O) groups excluding carboxylic acids is 3. The number of carbonyl (C=O) groups is 3. The van der Waals surface area contributed by atoms with Crippen molar-refractivity contribution in [2.45, 2.75) is 45.7 Å². The molecule has 2 saturated heterocycles. The summed E-state index contributed by atoms with van der Waals surface area (Å²) in [6, 6.07) is -0.568. The number of aromatic nitrogens is 2. The maximum absolute atomic E-state index is 12.6. The Bertz CT molecular complexity index is 673. The average molecular weight is 349 g/mol. The predicted molar refractivity (Wildman–Crippen MR) is 86.1 cm³/mol. The molecule has 0 aromatic carbocycles. The van der Waals surface area contributed by atoms with Gasteiger partial charge in [0.1, 0.15) is 6.04 Å². The van der Waals surface area contributed by atoms with Crippen LogP contribution in [0, 0.1) is 6.92 Å². The zero-order chi connectivity index (χ0) is 18.0. The lowest BCUT2D eigenvalue weighted by atomic mass is 10.1. The standard InChI is InChI=1S/C16H23N5O4/c1-11-16(24)20(8-4-7-19-6-3-5-14(19)22)10-15(23)21(11)9-13-18-17-12(2)25-13/h11H,3-10H2,1-2H3/t11-/m0/s1. The van der Waals surface area contributed by atoms with Gasteiger partial charge in [-0.25, -0.2) is 0 Å². The number of amides is 3. The largest absolute Gasteiger partial charge is 0.424 e. The van der Waals surface area contributed by atoms with Gasteiger partial charge < -0.3 is 19.1 Å². The first-order chi connectivity index (χ1) is 12.0. The lowest BCUT2D eigenvalue weighted by Gasteiger charge is -2.38. The highest BCUT2D eigenvalue weighted by Crippen LogP contribution is 2.17. The van der Waals surface area contributed by atoms with Crippen molar-refractivity contribution in [3.63, 3.8) is 0 Å². The molecule has 0 spiro atoms. The molecule has 1 aromatic rings. The second-order valence-corrected chi connectivity index (χ2v) is 6.51. The van der Waals surface area contributed by atoms with Gasteiger partial charge in [0.2, 0.25) is 29.5 Å². The van der Waals surface area contributed by atoms with Gasteiger partial charge in [-0.3, -0.25) is 14.4 Å². The van der Waals surface area contributed by atoms with E-state index in [1.807, 2.05) is 4.90 Å². The molecule has 0 radical (unpaired) electrons. The lowest BCUT2D eigenvalue weighted by Crippen LogP contribution is -2.58. The van der Waals surface area contributed by atoms with Crippen LogP contribution in [-0.4, -0.2) is 74.8 Å². The fourth-order valence-corrected chi connectivity index (χ4v) is 3.30. The molecule has 3 rings (SSSR count). The number of hydrogen-bond donors (Lipinski definition) is 0. The van der Waals surface area contributed by atoms with Crippen molar-refractivity contribution in [1.29, 1.82) is 0 Å². The maximum atomic E-state index is 12.6. The van der Waals surface area contributed by atoms with Gasteiger partial charge >= 0.3 is 0 Å². The summed E-state index contributed by atoms with van der Waals surface area (Å²) in [6.07, 6.45) is 2.20. The molecule has 25 heavy (non-hydrogen) atoms. The van der Waals surface area contributed by atoms with Crippen LogP contribution in [0.4, 0.5) is 0 Å². The second-order valence-electron chi connectivity index (χ2n) is 6.51. The van der Waals surface area contributed by atoms with Gasteiger partial charge in [0, 0.05) is 33.0 Å². The molecule has 0 unspecified atom stereocenters. The number of rotatable bonds is 6. The van der Waals surface area contributed by atoms with Crippen LogP contribution in [-0.2, 0) is 20.9 Å². The Morgan fingerprint density at radius 3 is 2.52 bits per heavy atom. The monoisotopic (exact) mass is 349 g/mol. The number of likely N-dealkylation sites (tertiary alicyclic amines) is 1. The highest BCUT2D eigenvalue weighted by Gasteiger charge is 2.37. The topological polar surface area (TPSA) is 99.9 Å². The van der Waals surface area contributed by atoms with Crippen molar-refractivity contribution in [2.75, 3.05) is 26.2 Å². The van der Waals surface area contributed by atoms with Gasteiger partial charge in [-0.2, -0.15) is 0 Å². The molecule has 0 saturated carbocycles. The zero-order valence-electron chi connectivity index (χ0n) is 14.6. The van der Waals surface area contributed by atoms with Crippen LogP contribution in [0.25, 0.3) is 0 Å². The highest BCUT2D eigenvalue weighted by molar-refractivity contribution is 5.94. The summed E-state index contributed by atoms with van der Waals surface area (Å²) in [6.45, 7) is 5.48. The zero-order valence-corrected chi connectivity index (χ0v) is 14.6. The molecule has 3 amide bonds. The fraction of sp³-hybridized carbons (Fsp3) is 0.688. The van der Waals surface area contributed by atoms with Crippen molar-refractivity contribution in [2.24, 2.45) is 0 Å². The van der Waals surface area contributed by atoms with Crippen molar-refractivity contribution >= 4 is 17.7 Å². The van der Waals surface area contributed by atoms with E-state index in [1.165, 1.54) is 4.90 Å². The van der Waals surface area contributed by atoms with E-state index in [4.69, 9.17) is 4.42 Å². The molecule has 136 valence electrons. The maximum Gasteiger partial charge on any atom is 0.245 e. The van der Waals surface area contributed by atoms with Crippen molar-refractivity contribution in [1.82, 2.24) is 24.9 Å². The Morgan fingerprint density at radius 2 is 1.88 bits per heavy atom. The molecule has 2 fully saturated rings. The predicted octanol–water partition coefficient (Wildman–Crippen LogP) is -0.0502. The Kier molecular flexibility index (Phi) is 5.00. The van der Waals surface area contributed by atoms with Crippen LogP contribution in [0.3, 0.4) is 0 Å². The van der Waals surface area contributed by atoms with E-state index in [0.29, 0.717) is 37.7 Å². The molecule has 1 atom stereocenters. The highest BCUT2D eigenvalue weighted by atomic mass is 16.4. The summed E-state index contributed by atoms with van der Waals surface area (Å²) in [7, 11) is 0.